The Hall–Kier alpha value is -2.57. The van der Waals surface area contributed by atoms with Gasteiger partial charge in [-0.15, -0.1) is 0 Å². The van der Waals surface area contributed by atoms with Crippen molar-refractivity contribution in [3.05, 3.63) is 47.5 Å². The van der Waals surface area contributed by atoms with Crippen LogP contribution < -0.4 is 9.64 Å². The number of aromatic nitrogens is 1. The second kappa shape index (κ2) is 11.7. The number of fused-ring (bicyclic) bond motifs is 1. The van der Waals surface area contributed by atoms with Gasteiger partial charge in [0.25, 0.3) is 5.91 Å². The monoisotopic (exact) mass is 558 g/mol. The largest absolute Gasteiger partial charge is 0.494 e. The molecule has 0 bridgehead atoms. The van der Waals surface area contributed by atoms with Crippen LogP contribution in [0.25, 0.3) is 10.2 Å². The summed E-state index contributed by atoms with van der Waals surface area (Å²) < 4.78 is 39.4. The van der Waals surface area contributed by atoms with Crippen molar-refractivity contribution in [3.63, 3.8) is 0 Å². The van der Waals surface area contributed by atoms with Gasteiger partial charge in [0, 0.05) is 44.8 Å². The van der Waals surface area contributed by atoms with E-state index in [9.17, 15) is 13.2 Å². The molecule has 3 aromatic rings. The Morgan fingerprint density at radius 3 is 2.47 bits per heavy atom. The highest BCUT2D eigenvalue weighted by atomic mass is 32.2. The third kappa shape index (κ3) is 5.57. The van der Waals surface area contributed by atoms with Crippen molar-refractivity contribution < 1.29 is 22.7 Å². The lowest BCUT2D eigenvalue weighted by Gasteiger charge is -2.27. The number of ether oxygens (including phenoxy) is 2. The Bertz CT molecular complexity index is 1380. The maximum absolute atomic E-state index is 13.8. The van der Waals surface area contributed by atoms with Crippen molar-refractivity contribution in [2.24, 2.45) is 0 Å². The summed E-state index contributed by atoms with van der Waals surface area (Å²) in [6.07, 6.45) is 2.53. The minimum atomic E-state index is -3.54. The predicted molar refractivity (Wildman–Crippen MR) is 149 cm³/mol. The van der Waals surface area contributed by atoms with Gasteiger partial charge in [-0.1, -0.05) is 17.4 Å². The molecule has 2 aromatic carbocycles. The number of amides is 1. The lowest BCUT2D eigenvalue weighted by atomic mass is 10.2. The number of aryl methyl sites for hydroxylation is 1. The van der Waals surface area contributed by atoms with E-state index >= 15 is 0 Å². The first kappa shape index (κ1) is 27.0. The number of methoxy groups -OCH3 is 1. The molecular weight excluding hydrogens is 524 g/mol. The Labute approximate surface area is 228 Å². The molecule has 2 fully saturated rings. The van der Waals surface area contributed by atoms with Crippen LogP contribution in [-0.4, -0.2) is 88.1 Å². The first-order valence-corrected chi connectivity index (χ1v) is 15.3. The fourth-order valence-electron chi connectivity index (χ4n) is 4.94. The number of sulfonamides is 1. The van der Waals surface area contributed by atoms with Crippen LogP contribution in [0.1, 0.15) is 35.2 Å². The van der Waals surface area contributed by atoms with E-state index in [1.807, 2.05) is 19.1 Å². The number of hydrogen-bond acceptors (Lipinski definition) is 8. The Morgan fingerprint density at radius 2 is 1.79 bits per heavy atom. The number of carbonyl (C=O) groups excluding carboxylic acids is 1. The van der Waals surface area contributed by atoms with Crippen molar-refractivity contribution in [2.45, 2.75) is 31.1 Å². The van der Waals surface area contributed by atoms with E-state index in [0.29, 0.717) is 36.1 Å². The normalized spacial score (nSPS) is 17.2. The van der Waals surface area contributed by atoms with E-state index in [4.69, 9.17) is 14.5 Å². The number of morpholine rings is 1. The van der Waals surface area contributed by atoms with Gasteiger partial charge in [-0.2, -0.15) is 4.31 Å². The van der Waals surface area contributed by atoms with Crippen molar-refractivity contribution in [3.8, 4) is 5.75 Å². The topological polar surface area (TPSA) is 92.3 Å². The van der Waals surface area contributed by atoms with Crippen molar-refractivity contribution in [1.82, 2.24) is 14.2 Å². The molecule has 0 N–H and O–H groups in total. The number of hydrogen-bond donors (Lipinski definition) is 0. The SMILES string of the molecule is COc1ccc(C)c2sc(N(CCCN3CCOCC3)C(=O)c3ccc(S(=O)(=O)N4CCCC4)cc3)nc12. The van der Waals surface area contributed by atoms with Crippen molar-refractivity contribution in [1.29, 1.82) is 0 Å². The quantitative estimate of drug-likeness (QED) is 0.395. The minimum absolute atomic E-state index is 0.201. The van der Waals surface area contributed by atoms with Crippen molar-refractivity contribution >= 4 is 42.6 Å². The molecule has 5 rings (SSSR count). The highest BCUT2D eigenvalue weighted by Crippen LogP contribution is 2.37. The van der Waals surface area contributed by atoms with Gasteiger partial charge in [0.2, 0.25) is 10.0 Å². The standard InChI is InChI=1S/C27H34N4O5S2/c1-20-6-11-23(35-2)24-25(20)37-27(28-24)31(15-5-12-29-16-18-36-19-17-29)26(32)21-7-9-22(10-8-21)38(33,34)30-13-3-4-14-30/h6-11H,3-5,12-19H2,1-2H3. The summed E-state index contributed by atoms with van der Waals surface area (Å²) in [5, 5.41) is 0.605. The van der Waals surface area contributed by atoms with Crippen LogP contribution in [0, 0.1) is 6.92 Å². The summed E-state index contributed by atoms with van der Waals surface area (Å²) in [4.78, 5) is 22.9. The second-order valence-electron chi connectivity index (χ2n) is 9.66. The van der Waals surface area contributed by atoms with Crippen LogP contribution in [0.5, 0.6) is 5.75 Å². The van der Waals surface area contributed by atoms with Crippen LogP contribution in [0.3, 0.4) is 0 Å². The highest BCUT2D eigenvalue weighted by molar-refractivity contribution is 7.89. The van der Waals surface area contributed by atoms with Crippen molar-refractivity contribution in [2.75, 3.05) is 64.5 Å². The minimum Gasteiger partial charge on any atom is -0.494 e. The molecule has 0 saturated carbocycles. The third-order valence-corrected chi connectivity index (χ3v) is 10.3. The Morgan fingerprint density at radius 1 is 1.08 bits per heavy atom. The summed E-state index contributed by atoms with van der Waals surface area (Å²) in [6, 6.07) is 10.2. The van der Waals surface area contributed by atoms with Gasteiger partial charge in [0.05, 0.1) is 29.9 Å². The molecule has 2 aliphatic rings. The Balaban J connectivity index is 1.42. The van der Waals surface area contributed by atoms with Gasteiger partial charge >= 0.3 is 0 Å². The van der Waals surface area contributed by atoms with E-state index in [1.54, 1.807) is 36.3 Å². The average Bonchev–Trinajstić information content (AvgIpc) is 3.64. The van der Waals surface area contributed by atoms with Gasteiger partial charge in [0.15, 0.2) is 5.13 Å². The molecule has 11 heteroatoms. The lowest BCUT2D eigenvalue weighted by molar-refractivity contribution is 0.0376. The summed E-state index contributed by atoms with van der Waals surface area (Å²) in [5.74, 6) is 0.470. The molecule has 38 heavy (non-hydrogen) atoms. The summed E-state index contributed by atoms with van der Waals surface area (Å²) in [7, 11) is -1.92. The number of benzene rings is 2. The lowest BCUT2D eigenvalue weighted by Crippen LogP contribution is -2.39. The number of thiazole rings is 1. The van der Waals surface area contributed by atoms with Crippen LogP contribution in [0.15, 0.2) is 41.3 Å². The number of rotatable bonds is 9. The molecule has 1 aromatic heterocycles. The zero-order valence-corrected chi connectivity index (χ0v) is 23.5. The Kier molecular flexibility index (Phi) is 8.29. The molecule has 2 aliphatic heterocycles. The molecule has 0 radical (unpaired) electrons. The van der Waals surface area contributed by atoms with Gasteiger partial charge in [0.1, 0.15) is 11.3 Å². The average molecular weight is 559 g/mol. The first-order chi connectivity index (χ1) is 18.4. The zero-order valence-electron chi connectivity index (χ0n) is 21.9. The maximum Gasteiger partial charge on any atom is 0.260 e. The molecule has 0 spiro atoms. The molecule has 9 nitrogen and oxygen atoms in total. The molecule has 204 valence electrons. The molecule has 0 atom stereocenters. The maximum atomic E-state index is 13.8. The molecule has 1 amide bonds. The molecular formula is C27H34N4O5S2. The van der Waals surface area contributed by atoms with E-state index < -0.39 is 10.0 Å². The smallest absolute Gasteiger partial charge is 0.260 e. The second-order valence-corrected chi connectivity index (χ2v) is 12.6. The van der Waals surface area contributed by atoms with Gasteiger partial charge < -0.3 is 9.47 Å². The summed E-state index contributed by atoms with van der Waals surface area (Å²) in [5.41, 5.74) is 2.24. The third-order valence-electron chi connectivity index (χ3n) is 7.15. The number of anilines is 1. The fraction of sp³-hybridized carbons (Fsp3) is 0.481. The van der Waals surface area contributed by atoms with Crippen LogP contribution in [-0.2, 0) is 14.8 Å². The van der Waals surface area contributed by atoms with Crippen LogP contribution >= 0.6 is 11.3 Å². The van der Waals surface area contributed by atoms with Gasteiger partial charge in [-0.05, 0) is 62.1 Å². The van der Waals surface area contributed by atoms with E-state index in [0.717, 1.165) is 67.9 Å². The molecule has 0 aliphatic carbocycles. The van der Waals surface area contributed by atoms with Crippen LogP contribution in [0.2, 0.25) is 0 Å². The zero-order chi connectivity index (χ0) is 26.7. The molecule has 2 saturated heterocycles. The predicted octanol–water partition coefficient (Wildman–Crippen LogP) is 3.77. The number of carbonyl (C=O) groups is 1. The van der Waals surface area contributed by atoms with E-state index in [1.165, 1.54) is 15.6 Å². The highest BCUT2D eigenvalue weighted by Gasteiger charge is 2.28. The first-order valence-electron chi connectivity index (χ1n) is 13.0. The van der Waals surface area contributed by atoms with Gasteiger partial charge in [-0.3, -0.25) is 14.6 Å². The van der Waals surface area contributed by atoms with E-state index in [-0.39, 0.29) is 10.8 Å². The molecule has 3 heterocycles. The number of nitrogens with zero attached hydrogens (tertiary/aromatic N) is 4. The van der Waals surface area contributed by atoms with Gasteiger partial charge in [-0.25, -0.2) is 13.4 Å². The summed E-state index contributed by atoms with van der Waals surface area (Å²) >= 11 is 1.47. The van der Waals surface area contributed by atoms with E-state index in [2.05, 4.69) is 4.90 Å². The van der Waals surface area contributed by atoms with Crippen LogP contribution in [0.4, 0.5) is 5.13 Å². The fourth-order valence-corrected chi connectivity index (χ4v) is 7.54. The molecule has 0 unspecified atom stereocenters. The summed E-state index contributed by atoms with van der Waals surface area (Å²) in [6.45, 7) is 7.68.